The van der Waals surface area contributed by atoms with Crippen LogP contribution in [-0.4, -0.2) is 30.8 Å². The molecule has 1 aliphatic heterocycles. The summed E-state index contributed by atoms with van der Waals surface area (Å²) in [5.74, 6) is 0. The van der Waals surface area contributed by atoms with Gasteiger partial charge in [0.25, 0.3) is 0 Å². The van der Waals surface area contributed by atoms with Gasteiger partial charge in [0.1, 0.15) is 6.17 Å². The highest BCUT2D eigenvalue weighted by Crippen LogP contribution is 2.29. The Morgan fingerprint density at radius 3 is 2.92 bits per heavy atom. The Bertz CT molecular complexity index is 900. The van der Waals surface area contributed by atoms with Gasteiger partial charge in [0.05, 0.1) is 17.7 Å². The summed E-state index contributed by atoms with van der Waals surface area (Å²) in [6.45, 7) is 0.824. The maximum atomic E-state index is 9.22. The van der Waals surface area contributed by atoms with E-state index in [2.05, 4.69) is 34.5 Å². The van der Waals surface area contributed by atoms with Crippen molar-refractivity contribution >= 4 is 0 Å². The zero-order valence-corrected chi connectivity index (χ0v) is 13.5. The van der Waals surface area contributed by atoms with Crippen LogP contribution in [-0.2, 0) is 7.05 Å². The maximum Gasteiger partial charge on any atom is 0.181 e. The molecular weight excluding hydrogens is 300 g/mol. The molecular formula is C18H18N6. The van der Waals surface area contributed by atoms with Crippen LogP contribution in [0.4, 0.5) is 0 Å². The number of nitriles is 1. The van der Waals surface area contributed by atoms with Gasteiger partial charge in [-0.25, -0.2) is 4.98 Å². The number of nitrogens with zero attached hydrogens (tertiary/aromatic N) is 6. The molecule has 6 heteroatoms. The first-order chi connectivity index (χ1) is 11.8. The van der Waals surface area contributed by atoms with E-state index in [1.807, 2.05) is 45.9 Å². The smallest absolute Gasteiger partial charge is 0.181 e. The summed E-state index contributed by atoms with van der Waals surface area (Å²) in [6, 6.07) is 10.3. The average molecular weight is 318 g/mol. The van der Waals surface area contributed by atoms with E-state index >= 15 is 0 Å². The molecule has 0 spiro atoms. The minimum atomic E-state index is 0.0940. The van der Waals surface area contributed by atoms with Gasteiger partial charge in [-0.2, -0.15) is 10.4 Å². The molecule has 3 heterocycles. The third-order valence-corrected chi connectivity index (χ3v) is 4.57. The fraction of sp³-hybridized carbons (Fsp3) is 0.278. The Kier molecular flexibility index (Phi) is 3.54. The number of rotatable bonds is 3. The highest BCUT2D eigenvalue weighted by atomic mass is 15.3. The van der Waals surface area contributed by atoms with Crippen LogP contribution in [0.2, 0.25) is 0 Å². The quantitative estimate of drug-likeness (QED) is 0.696. The first-order valence-corrected chi connectivity index (χ1v) is 8.05. The number of aryl methyl sites for hydroxylation is 1. The van der Waals surface area contributed by atoms with E-state index in [0.717, 1.165) is 41.9 Å². The highest BCUT2D eigenvalue weighted by molar-refractivity contribution is 5.69. The lowest BCUT2D eigenvalue weighted by molar-refractivity contribution is 0.281. The van der Waals surface area contributed by atoms with Gasteiger partial charge in [-0.15, -0.1) is 0 Å². The molecule has 1 aromatic carbocycles. The fourth-order valence-corrected chi connectivity index (χ4v) is 3.32. The second kappa shape index (κ2) is 5.85. The zero-order chi connectivity index (χ0) is 16.5. The Morgan fingerprint density at radius 1 is 1.25 bits per heavy atom. The van der Waals surface area contributed by atoms with Crippen molar-refractivity contribution in [3.63, 3.8) is 0 Å². The summed E-state index contributed by atoms with van der Waals surface area (Å²) in [7, 11) is 1.94. The van der Waals surface area contributed by atoms with E-state index in [0.29, 0.717) is 0 Å². The molecule has 1 unspecified atom stereocenters. The van der Waals surface area contributed by atoms with Gasteiger partial charge < -0.3 is 4.57 Å². The summed E-state index contributed by atoms with van der Waals surface area (Å²) in [6.07, 6.45) is 10.0. The third-order valence-electron chi connectivity index (χ3n) is 4.57. The normalized spacial score (nSPS) is 17.2. The molecule has 0 amide bonds. The van der Waals surface area contributed by atoms with Gasteiger partial charge in [0.2, 0.25) is 0 Å². The molecule has 1 saturated heterocycles. The van der Waals surface area contributed by atoms with E-state index < -0.39 is 0 Å². The van der Waals surface area contributed by atoms with Crippen molar-refractivity contribution in [2.45, 2.75) is 19.0 Å². The van der Waals surface area contributed by atoms with Crippen LogP contribution in [0.25, 0.3) is 22.5 Å². The van der Waals surface area contributed by atoms with E-state index in [9.17, 15) is 5.26 Å². The van der Waals surface area contributed by atoms with E-state index in [1.54, 1.807) is 6.20 Å². The molecule has 2 aromatic heterocycles. The molecule has 0 bridgehead atoms. The van der Waals surface area contributed by atoms with Crippen LogP contribution in [0, 0.1) is 11.5 Å². The summed E-state index contributed by atoms with van der Waals surface area (Å²) >= 11 is 0. The number of imidazole rings is 1. The Labute approximate surface area is 140 Å². The van der Waals surface area contributed by atoms with Gasteiger partial charge in [-0.05, 0) is 25.0 Å². The van der Waals surface area contributed by atoms with E-state index in [4.69, 9.17) is 0 Å². The number of benzene rings is 1. The van der Waals surface area contributed by atoms with Gasteiger partial charge in [0, 0.05) is 37.1 Å². The standard InChI is InChI=1S/C18H18N6/c1-22-17(7-8-21-22)15-5-2-4-14(10-15)16-11-24(13-20-16)18-6-3-9-23(18)12-19/h2,4-5,7-8,10-11,13,18H,3,6,9H2,1H3. The predicted molar refractivity (Wildman–Crippen MR) is 90.5 cm³/mol. The minimum absolute atomic E-state index is 0.0940. The number of hydrogen-bond acceptors (Lipinski definition) is 4. The summed E-state index contributed by atoms with van der Waals surface area (Å²) in [5.41, 5.74) is 4.17. The Hall–Kier alpha value is -3.07. The van der Waals surface area contributed by atoms with Crippen LogP contribution in [0.1, 0.15) is 19.0 Å². The second-order valence-corrected chi connectivity index (χ2v) is 6.04. The molecule has 1 atom stereocenters. The van der Waals surface area contributed by atoms with Crippen molar-refractivity contribution in [3.05, 3.63) is 49.1 Å². The average Bonchev–Trinajstić information content (AvgIpc) is 3.34. The van der Waals surface area contributed by atoms with Crippen LogP contribution in [0.3, 0.4) is 0 Å². The van der Waals surface area contributed by atoms with E-state index in [1.165, 1.54) is 0 Å². The van der Waals surface area contributed by atoms with Crippen LogP contribution < -0.4 is 0 Å². The first kappa shape index (κ1) is 14.5. The molecule has 0 N–H and O–H groups in total. The topological polar surface area (TPSA) is 62.7 Å². The van der Waals surface area contributed by atoms with Crippen molar-refractivity contribution in [3.8, 4) is 28.7 Å². The number of likely N-dealkylation sites (tertiary alicyclic amines) is 1. The largest absolute Gasteiger partial charge is 0.315 e. The number of aromatic nitrogens is 4. The summed E-state index contributed by atoms with van der Waals surface area (Å²) in [4.78, 5) is 6.37. The number of hydrogen-bond donors (Lipinski definition) is 0. The maximum absolute atomic E-state index is 9.22. The minimum Gasteiger partial charge on any atom is -0.315 e. The zero-order valence-electron chi connectivity index (χ0n) is 13.5. The van der Waals surface area contributed by atoms with Gasteiger partial charge >= 0.3 is 0 Å². The fourth-order valence-electron chi connectivity index (χ4n) is 3.32. The Morgan fingerprint density at radius 2 is 2.12 bits per heavy atom. The first-order valence-electron chi connectivity index (χ1n) is 8.05. The lowest BCUT2D eigenvalue weighted by Gasteiger charge is -2.19. The van der Waals surface area contributed by atoms with Crippen molar-refractivity contribution in [2.75, 3.05) is 6.54 Å². The molecule has 3 aromatic rings. The van der Waals surface area contributed by atoms with Crippen molar-refractivity contribution in [1.82, 2.24) is 24.2 Å². The molecule has 0 aliphatic carbocycles. The third kappa shape index (κ3) is 2.44. The summed E-state index contributed by atoms with van der Waals surface area (Å²) < 4.78 is 3.91. The van der Waals surface area contributed by atoms with Crippen molar-refractivity contribution in [2.24, 2.45) is 7.05 Å². The SMILES string of the molecule is Cn1nccc1-c1cccc(-c2cn(C3CCCN3C#N)cn2)c1. The van der Waals surface area contributed by atoms with Crippen LogP contribution >= 0.6 is 0 Å². The molecule has 24 heavy (non-hydrogen) atoms. The van der Waals surface area contributed by atoms with Crippen LogP contribution in [0.15, 0.2) is 49.1 Å². The van der Waals surface area contributed by atoms with Gasteiger partial charge in [-0.1, -0.05) is 18.2 Å². The second-order valence-electron chi connectivity index (χ2n) is 6.04. The molecule has 6 nitrogen and oxygen atoms in total. The molecule has 1 aliphatic rings. The molecule has 120 valence electrons. The van der Waals surface area contributed by atoms with Crippen LogP contribution in [0.5, 0.6) is 0 Å². The molecule has 0 saturated carbocycles. The summed E-state index contributed by atoms with van der Waals surface area (Å²) in [5, 5.41) is 13.5. The predicted octanol–water partition coefficient (Wildman–Crippen LogP) is 3.03. The lowest BCUT2D eigenvalue weighted by Crippen LogP contribution is -2.21. The molecule has 1 fully saturated rings. The molecule has 0 radical (unpaired) electrons. The lowest BCUT2D eigenvalue weighted by atomic mass is 10.1. The molecule has 4 rings (SSSR count). The monoisotopic (exact) mass is 318 g/mol. The van der Waals surface area contributed by atoms with Crippen molar-refractivity contribution in [1.29, 1.82) is 5.26 Å². The van der Waals surface area contributed by atoms with Crippen molar-refractivity contribution < 1.29 is 0 Å². The Balaban J connectivity index is 1.66. The van der Waals surface area contributed by atoms with Gasteiger partial charge in [-0.3, -0.25) is 9.58 Å². The van der Waals surface area contributed by atoms with E-state index in [-0.39, 0.29) is 6.17 Å². The highest BCUT2D eigenvalue weighted by Gasteiger charge is 2.25. The van der Waals surface area contributed by atoms with Gasteiger partial charge in [0.15, 0.2) is 6.19 Å².